The molecule has 1 saturated heterocycles. The number of oxazole rings is 1. The van der Waals surface area contributed by atoms with Crippen molar-refractivity contribution in [3.63, 3.8) is 0 Å². The Morgan fingerprint density at radius 2 is 2.08 bits per heavy atom. The van der Waals surface area contributed by atoms with Crippen LogP contribution < -0.4 is 4.74 Å². The Morgan fingerprint density at radius 3 is 2.72 bits per heavy atom. The summed E-state index contributed by atoms with van der Waals surface area (Å²) in [5.41, 5.74) is 0.995. The fourth-order valence-corrected chi connectivity index (χ4v) is 3.29. The molecule has 3 rings (SSSR count). The molecule has 25 heavy (non-hydrogen) atoms. The Labute approximate surface area is 149 Å². The maximum atomic E-state index is 9.58. The first-order valence-corrected chi connectivity index (χ1v) is 8.78. The van der Waals surface area contributed by atoms with Crippen molar-refractivity contribution in [2.75, 3.05) is 33.3 Å². The van der Waals surface area contributed by atoms with Gasteiger partial charge in [-0.1, -0.05) is 0 Å². The molecule has 2 heterocycles. The lowest BCUT2D eigenvalue weighted by Crippen LogP contribution is -2.53. The Morgan fingerprint density at radius 1 is 1.32 bits per heavy atom. The van der Waals surface area contributed by atoms with Crippen LogP contribution in [0.5, 0.6) is 5.75 Å². The van der Waals surface area contributed by atoms with Gasteiger partial charge in [0, 0.05) is 37.8 Å². The van der Waals surface area contributed by atoms with E-state index in [4.69, 9.17) is 9.15 Å². The molecule has 1 aromatic carbocycles. The molecule has 1 aromatic heterocycles. The number of hydrogen-bond donors (Lipinski definition) is 1. The van der Waals surface area contributed by atoms with Gasteiger partial charge in [-0.25, -0.2) is 4.98 Å². The summed E-state index contributed by atoms with van der Waals surface area (Å²) < 4.78 is 11.1. The molecule has 0 amide bonds. The molecule has 2 atom stereocenters. The number of benzene rings is 1. The van der Waals surface area contributed by atoms with Gasteiger partial charge in [0.25, 0.3) is 0 Å². The molecule has 1 fully saturated rings. The van der Waals surface area contributed by atoms with Crippen molar-refractivity contribution in [2.24, 2.45) is 0 Å². The lowest BCUT2D eigenvalue weighted by Gasteiger charge is -2.39. The fraction of sp³-hybridized carbons (Fsp3) is 0.526. The molecule has 6 heteroatoms. The van der Waals surface area contributed by atoms with E-state index in [-0.39, 0.29) is 6.10 Å². The SMILES string of the molecule is COc1ccc(-c2cnc(CN3CCN(C[C@@H](C)O)[C@@H](C)C3)o2)cc1. The average Bonchev–Trinajstić information content (AvgIpc) is 3.05. The van der Waals surface area contributed by atoms with Crippen LogP contribution in [0.25, 0.3) is 11.3 Å². The number of nitrogens with zero attached hydrogens (tertiary/aromatic N) is 3. The second kappa shape index (κ2) is 7.99. The smallest absolute Gasteiger partial charge is 0.209 e. The van der Waals surface area contributed by atoms with Crippen molar-refractivity contribution in [1.82, 2.24) is 14.8 Å². The van der Waals surface area contributed by atoms with E-state index >= 15 is 0 Å². The number of aliphatic hydroxyl groups is 1. The van der Waals surface area contributed by atoms with Crippen LogP contribution in [0.2, 0.25) is 0 Å². The van der Waals surface area contributed by atoms with Crippen LogP contribution in [-0.4, -0.2) is 65.3 Å². The summed E-state index contributed by atoms with van der Waals surface area (Å²) in [5, 5.41) is 9.58. The van der Waals surface area contributed by atoms with E-state index in [9.17, 15) is 5.11 Å². The molecule has 136 valence electrons. The maximum Gasteiger partial charge on any atom is 0.209 e. The number of aromatic nitrogens is 1. The van der Waals surface area contributed by atoms with Crippen LogP contribution in [0.1, 0.15) is 19.7 Å². The summed E-state index contributed by atoms with van der Waals surface area (Å²) in [6, 6.07) is 8.20. The Bertz CT molecular complexity index is 669. The number of hydrogen-bond acceptors (Lipinski definition) is 6. The molecular weight excluding hydrogens is 318 g/mol. The quantitative estimate of drug-likeness (QED) is 0.866. The first-order valence-electron chi connectivity index (χ1n) is 8.78. The second-order valence-electron chi connectivity index (χ2n) is 6.77. The maximum absolute atomic E-state index is 9.58. The van der Waals surface area contributed by atoms with E-state index in [2.05, 4.69) is 21.7 Å². The highest BCUT2D eigenvalue weighted by molar-refractivity contribution is 5.57. The predicted molar refractivity (Wildman–Crippen MR) is 96.5 cm³/mol. The van der Waals surface area contributed by atoms with Gasteiger partial charge >= 0.3 is 0 Å². The summed E-state index contributed by atoms with van der Waals surface area (Å²) in [7, 11) is 1.66. The average molecular weight is 345 g/mol. The highest BCUT2D eigenvalue weighted by Crippen LogP contribution is 2.24. The van der Waals surface area contributed by atoms with Crippen LogP contribution in [0.15, 0.2) is 34.9 Å². The zero-order valence-corrected chi connectivity index (χ0v) is 15.2. The minimum absolute atomic E-state index is 0.284. The molecular formula is C19H27N3O3. The number of rotatable bonds is 6. The van der Waals surface area contributed by atoms with Crippen LogP contribution in [-0.2, 0) is 6.54 Å². The molecule has 0 aliphatic carbocycles. The first kappa shape index (κ1) is 17.9. The van der Waals surface area contributed by atoms with Crippen molar-refractivity contribution in [3.05, 3.63) is 36.4 Å². The lowest BCUT2D eigenvalue weighted by atomic mass is 10.1. The van der Waals surface area contributed by atoms with E-state index in [0.29, 0.717) is 12.6 Å². The van der Waals surface area contributed by atoms with E-state index in [1.54, 1.807) is 13.3 Å². The summed E-state index contributed by atoms with van der Waals surface area (Å²) in [6.45, 7) is 8.35. The van der Waals surface area contributed by atoms with Crippen LogP contribution in [0, 0.1) is 0 Å². The van der Waals surface area contributed by atoms with Gasteiger partial charge in [-0.2, -0.15) is 0 Å². The Hall–Kier alpha value is -1.89. The van der Waals surface area contributed by atoms with E-state index in [1.807, 2.05) is 31.2 Å². The van der Waals surface area contributed by atoms with Gasteiger partial charge in [0.05, 0.1) is 26.0 Å². The normalized spacial score (nSPS) is 20.6. The third kappa shape index (κ3) is 4.60. The van der Waals surface area contributed by atoms with Crippen molar-refractivity contribution in [3.8, 4) is 17.1 Å². The Balaban J connectivity index is 1.58. The van der Waals surface area contributed by atoms with E-state index in [1.165, 1.54) is 0 Å². The summed E-state index contributed by atoms with van der Waals surface area (Å²) >= 11 is 0. The second-order valence-corrected chi connectivity index (χ2v) is 6.77. The molecule has 6 nitrogen and oxygen atoms in total. The largest absolute Gasteiger partial charge is 0.497 e. The number of β-amino-alcohol motifs (C(OH)–C–C–N with tert-alkyl or cyclic N) is 1. The molecule has 0 saturated carbocycles. The molecule has 2 aromatic rings. The van der Waals surface area contributed by atoms with E-state index < -0.39 is 0 Å². The fourth-order valence-electron chi connectivity index (χ4n) is 3.29. The monoisotopic (exact) mass is 345 g/mol. The minimum Gasteiger partial charge on any atom is -0.497 e. The molecule has 0 radical (unpaired) electrons. The zero-order chi connectivity index (χ0) is 17.8. The number of methoxy groups -OCH3 is 1. The Kier molecular flexibility index (Phi) is 5.73. The van der Waals surface area contributed by atoms with Crippen molar-refractivity contribution in [1.29, 1.82) is 0 Å². The van der Waals surface area contributed by atoms with Gasteiger partial charge in [0.15, 0.2) is 5.76 Å². The predicted octanol–water partition coefficient (Wildman–Crippen LogP) is 2.24. The number of aliphatic hydroxyl groups excluding tert-OH is 1. The molecule has 0 bridgehead atoms. The number of piperazine rings is 1. The zero-order valence-electron chi connectivity index (χ0n) is 15.2. The van der Waals surface area contributed by atoms with Crippen LogP contribution in [0.4, 0.5) is 0 Å². The van der Waals surface area contributed by atoms with Crippen molar-refractivity contribution in [2.45, 2.75) is 32.5 Å². The summed E-state index contributed by atoms with van der Waals surface area (Å²) in [6.07, 6.45) is 1.50. The van der Waals surface area contributed by atoms with Gasteiger partial charge in [-0.05, 0) is 38.1 Å². The van der Waals surface area contributed by atoms with Gasteiger partial charge < -0.3 is 14.3 Å². The summed E-state index contributed by atoms with van der Waals surface area (Å²) in [5.74, 6) is 2.34. The number of ether oxygens (including phenoxy) is 1. The molecule has 1 aliphatic rings. The third-order valence-corrected chi connectivity index (χ3v) is 4.63. The van der Waals surface area contributed by atoms with Gasteiger partial charge in [-0.3, -0.25) is 9.80 Å². The topological polar surface area (TPSA) is 62.0 Å². The highest BCUT2D eigenvalue weighted by atomic mass is 16.5. The lowest BCUT2D eigenvalue weighted by molar-refractivity contribution is 0.0393. The van der Waals surface area contributed by atoms with E-state index in [0.717, 1.165) is 49.1 Å². The van der Waals surface area contributed by atoms with Crippen molar-refractivity contribution >= 4 is 0 Å². The molecule has 0 spiro atoms. The van der Waals surface area contributed by atoms with Crippen LogP contribution in [0.3, 0.4) is 0 Å². The van der Waals surface area contributed by atoms with Gasteiger partial charge in [0.2, 0.25) is 5.89 Å². The molecule has 0 unspecified atom stereocenters. The standard InChI is InChI=1S/C19H27N3O3/c1-14-11-21(8-9-22(14)12-15(2)23)13-19-20-10-18(25-19)16-4-6-17(24-3)7-5-16/h4-7,10,14-15,23H,8-9,11-13H2,1-3H3/t14-,15+/m0/s1. The summed E-state index contributed by atoms with van der Waals surface area (Å²) in [4.78, 5) is 9.12. The highest BCUT2D eigenvalue weighted by Gasteiger charge is 2.25. The molecule has 1 aliphatic heterocycles. The minimum atomic E-state index is -0.284. The van der Waals surface area contributed by atoms with Crippen LogP contribution >= 0.6 is 0 Å². The van der Waals surface area contributed by atoms with Gasteiger partial charge in [0.1, 0.15) is 5.75 Å². The third-order valence-electron chi connectivity index (χ3n) is 4.63. The van der Waals surface area contributed by atoms with Gasteiger partial charge in [-0.15, -0.1) is 0 Å². The molecule has 1 N–H and O–H groups in total. The first-order chi connectivity index (χ1) is 12.0. The van der Waals surface area contributed by atoms with Crippen molar-refractivity contribution < 1.29 is 14.3 Å².